The minimum Gasteiger partial charge on any atom is -0.487 e. The molecule has 1 heterocycles. The van der Waals surface area contributed by atoms with Crippen LogP contribution in [0, 0.1) is 0 Å². The van der Waals surface area contributed by atoms with Gasteiger partial charge in [0.05, 0.1) is 6.42 Å². The zero-order chi connectivity index (χ0) is 24.3. The van der Waals surface area contributed by atoms with Gasteiger partial charge in [-0.25, -0.2) is 0 Å². The van der Waals surface area contributed by atoms with Gasteiger partial charge in [-0.2, -0.15) is 0 Å². The topological polar surface area (TPSA) is 66.8 Å². The van der Waals surface area contributed by atoms with E-state index in [-0.39, 0.29) is 25.4 Å². The molecule has 0 fully saturated rings. The van der Waals surface area contributed by atoms with Gasteiger partial charge in [-0.1, -0.05) is 53.5 Å². The second-order valence-corrected chi connectivity index (χ2v) is 9.66. The van der Waals surface area contributed by atoms with Crippen LogP contribution in [-0.4, -0.2) is 34.0 Å². The number of halogens is 2. The molecule has 0 radical (unpaired) electrons. The maximum absolute atomic E-state index is 13.4. The third kappa shape index (κ3) is 5.72. The molecule has 7 heteroatoms. The lowest BCUT2D eigenvalue weighted by atomic mass is 9.91. The van der Waals surface area contributed by atoms with Gasteiger partial charge in [0.1, 0.15) is 11.4 Å². The zero-order valence-corrected chi connectivity index (χ0v) is 20.3. The number of carboxylic acids is 1. The van der Waals surface area contributed by atoms with E-state index >= 15 is 0 Å². The van der Waals surface area contributed by atoms with Gasteiger partial charge in [0.25, 0.3) is 5.91 Å². The molecular formula is C27H25Cl2NO4. The first kappa shape index (κ1) is 24.1. The molecule has 1 amide bonds. The third-order valence-electron chi connectivity index (χ3n) is 5.92. The normalized spacial score (nSPS) is 16.6. The summed E-state index contributed by atoms with van der Waals surface area (Å²) in [6, 6.07) is 20.4. The van der Waals surface area contributed by atoms with E-state index in [0.29, 0.717) is 28.5 Å². The van der Waals surface area contributed by atoms with Crippen LogP contribution in [-0.2, 0) is 24.2 Å². The number of aliphatic carboxylic acids is 1. The molecule has 176 valence electrons. The van der Waals surface area contributed by atoms with E-state index < -0.39 is 11.6 Å². The Morgan fingerprint density at radius 2 is 1.79 bits per heavy atom. The van der Waals surface area contributed by atoms with Crippen molar-refractivity contribution in [1.82, 2.24) is 4.90 Å². The molecule has 1 N–H and O–H groups in total. The molecule has 0 aliphatic carbocycles. The summed E-state index contributed by atoms with van der Waals surface area (Å²) in [7, 11) is 0. The summed E-state index contributed by atoms with van der Waals surface area (Å²) in [4.78, 5) is 26.1. The lowest BCUT2D eigenvalue weighted by molar-refractivity contribution is -0.137. The van der Waals surface area contributed by atoms with E-state index in [1.165, 1.54) is 4.90 Å². The van der Waals surface area contributed by atoms with Crippen LogP contribution in [0.15, 0.2) is 66.7 Å². The fraction of sp³-hybridized carbons (Fsp3) is 0.259. The second kappa shape index (κ2) is 10.1. The van der Waals surface area contributed by atoms with Crippen molar-refractivity contribution in [3.8, 4) is 5.75 Å². The van der Waals surface area contributed by atoms with Crippen molar-refractivity contribution in [2.24, 2.45) is 0 Å². The Kier molecular flexibility index (Phi) is 7.15. The first-order chi connectivity index (χ1) is 16.2. The van der Waals surface area contributed by atoms with Gasteiger partial charge in [-0.15, -0.1) is 0 Å². The summed E-state index contributed by atoms with van der Waals surface area (Å²) < 4.78 is 6.26. The predicted octanol–water partition coefficient (Wildman–Crippen LogP) is 6.05. The lowest BCUT2D eigenvalue weighted by Crippen LogP contribution is -2.33. The highest BCUT2D eigenvalue weighted by Gasteiger charge is 2.35. The van der Waals surface area contributed by atoms with E-state index in [2.05, 4.69) is 6.92 Å². The van der Waals surface area contributed by atoms with Crippen LogP contribution in [0.3, 0.4) is 0 Å². The van der Waals surface area contributed by atoms with Crippen molar-refractivity contribution >= 4 is 35.1 Å². The molecule has 1 aliphatic heterocycles. The van der Waals surface area contributed by atoms with Crippen LogP contribution < -0.4 is 4.74 Å². The number of amides is 1. The number of hydrogen-bond acceptors (Lipinski definition) is 3. The number of hydrogen-bond donors (Lipinski definition) is 1. The monoisotopic (exact) mass is 497 g/mol. The Hall–Kier alpha value is -3.02. The highest BCUT2D eigenvalue weighted by atomic mass is 35.5. The van der Waals surface area contributed by atoms with Gasteiger partial charge in [-0.3, -0.25) is 9.59 Å². The molecule has 3 aromatic carbocycles. The largest absolute Gasteiger partial charge is 0.487 e. The molecule has 0 saturated carbocycles. The molecule has 5 nitrogen and oxygen atoms in total. The van der Waals surface area contributed by atoms with Crippen LogP contribution in [0.1, 0.15) is 40.4 Å². The fourth-order valence-electron chi connectivity index (χ4n) is 4.29. The quantitative estimate of drug-likeness (QED) is 0.411. The van der Waals surface area contributed by atoms with Crippen LogP contribution in [0.5, 0.6) is 5.75 Å². The van der Waals surface area contributed by atoms with Gasteiger partial charge >= 0.3 is 5.97 Å². The Balaban J connectivity index is 1.53. The Morgan fingerprint density at radius 1 is 1.06 bits per heavy atom. The van der Waals surface area contributed by atoms with Crippen molar-refractivity contribution in [1.29, 1.82) is 0 Å². The first-order valence-corrected chi connectivity index (χ1v) is 11.8. The fourth-order valence-corrected chi connectivity index (χ4v) is 4.61. The summed E-state index contributed by atoms with van der Waals surface area (Å²) in [6.07, 6.45) is 1.22. The van der Waals surface area contributed by atoms with Crippen molar-refractivity contribution in [3.63, 3.8) is 0 Å². The number of carbonyl (C=O) groups excluding carboxylic acids is 1. The maximum atomic E-state index is 13.4. The molecular weight excluding hydrogens is 473 g/mol. The summed E-state index contributed by atoms with van der Waals surface area (Å²) >= 11 is 12.3. The van der Waals surface area contributed by atoms with E-state index in [4.69, 9.17) is 33.0 Å². The summed E-state index contributed by atoms with van der Waals surface area (Å²) in [6.45, 7) is 2.37. The van der Waals surface area contributed by atoms with E-state index in [1.54, 1.807) is 12.1 Å². The minimum absolute atomic E-state index is 0.0846. The van der Waals surface area contributed by atoms with Gasteiger partial charge in [0.2, 0.25) is 0 Å². The van der Waals surface area contributed by atoms with E-state index in [1.807, 2.05) is 54.6 Å². The second-order valence-electron chi connectivity index (χ2n) is 8.82. The van der Waals surface area contributed by atoms with Crippen molar-refractivity contribution in [3.05, 3.63) is 99.0 Å². The number of fused-ring (bicyclic) bond motifs is 1. The Bertz CT molecular complexity index is 1210. The smallest absolute Gasteiger partial charge is 0.305 e. The molecule has 0 bridgehead atoms. The Morgan fingerprint density at radius 3 is 2.50 bits per heavy atom. The van der Waals surface area contributed by atoms with Gasteiger partial charge in [0, 0.05) is 41.5 Å². The summed E-state index contributed by atoms with van der Waals surface area (Å²) in [5.41, 5.74) is 2.91. The highest BCUT2D eigenvalue weighted by Crippen LogP contribution is 2.38. The Labute approximate surface area is 208 Å². The molecule has 3 aromatic rings. The maximum Gasteiger partial charge on any atom is 0.305 e. The average molecular weight is 498 g/mol. The molecule has 34 heavy (non-hydrogen) atoms. The predicted molar refractivity (Wildman–Crippen MR) is 133 cm³/mol. The van der Waals surface area contributed by atoms with Crippen molar-refractivity contribution < 1.29 is 19.4 Å². The van der Waals surface area contributed by atoms with Crippen molar-refractivity contribution in [2.75, 3.05) is 6.54 Å². The number of rotatable bonds is 8. The molecule has 1 aliphatic rings. The van der Waals surface area contributed by atoms with Gasteiger partial charge in [0.15, 0.2) is 0 Å². The SMILES string of the molecule is CC1(Cc2ccc(Cl)cc2)Cc2cc(C(=O)N(CCC(=O)O)Cc3ccccc3Cl)ccc2O1. The number of carbonyl (C=O) groups is 2. The number of nitrogens with zero attached hydrogens (tertiary/aromatic N) is 1. The van der Waals surface area contributed by atoms with Crippen molar-refractivity contribution in [2.45, 2.75) is 38.3 Å². The summed E-state index contributed by atoms with van der Waals surface area (Å²) in [5.74, 6) is -0.441. The van der Waals surface area contributed by atoms with Gasteiger partial charge < -0.3 is 14.7 Å². The zero-order valence-electron chi connectivity index (χ0n) is 18.8. The number of ether oxygens (including phenoxy) is 1. The van der Waals surface area contributed by atoms with Crippen LogP contribution in [0.2, 0.25) is 10.0 Å². The number of benzene rings is 3. The molecule has 1 atom stereocenters. The van der Waals surface area contributed by atoms with Gasteiger partial charge in [-0.05, 0) is 60.0 Å². The molecule has 0 spiro atoms. The molecule has 0 aromatic heterocycles. The van der Waals surface area contributed by atoms with E-state index in [9.17, 15) is 9.59 Å². The molecule has 4 rings (SSSR count). The minimum atomic E-state index is -0.961. The molecule has 0 saturated heterocycles. The lowest BCUT2D eigenvalue weighted by Gasteiger charge is -2.24. The standard InChI is InChI=1S/C27H25Cl2NO4/c1-27(15-18-6-9-22(28)10-7-18)16-21-14-19(8-11-24(21)34-27)26(33)30(13-12-25(31)32)17-20-4-2-3-5-23(20)29/h2-11,14H,12-13,15-17H2,1H3,(H,31,32). The van der Waals surface area contributed by atoms with Crippen LogP contribution >= 0.6 is 23.2 Å². The third-order valence-corrected chi connectivity index (χ3v) is 6.54. The summed E-state index contributed by atoms with van der Waals surface area (Å²) in [5, 5.41) is 10.4. The van der Waals surface area contributed by atoms with Crippen LogP contribution in [0.25, 0.3) is 0 Å². The molecule has 1 unspecified atom stereocenters. The number of carboxylic acid groups (broad SMARTS) is 1. The van der Waals surface area contributed by atoms with E-state index in [0.717, 1.165) is 22.4 Å². The first-order valence-electron chi connectivity index (χ1n) is 11.0. The highest BCUT2D eigenvalue weighted by molar-refractivity contribution is 6.31. The average Bonchev–Trinajstić information content (AvgIpc) is 3.13. The van der Waals surface area contributed by atoms with Crippen LogP contribution in [0.4, 0.5) is 0 Å².